The summed E-state index contributed by atoms with van der Waals surface area (Å²) in [6.45, 7) is 3.95. The van der Waals surface area contributed by atoms with Gasteiger partial charge in [-0.25, -0.2) is 4.79 Å². The molecule has 0 aromatic heterocycles. The first-order chi connectivity index (χ1) is 11.5. The highest BCUT2D eigenvalue weighted by Crippen LogP contribution is 2.18. The number of urea groups is 1. The smallest absolute Gasteiger partial charge is 0.321 e. The summed E-state index contributed by atoms with van der Waals surface area (Å²) in [5.74, 6) is 0.00315. The lowest BCUT2D eigenvalue weighted by Gasteiger charge is -2.25. The molecule has 6 heteroatoms. The van der Waals surface area contributed by atoms with Crippen molar-refractivity contribution in [2.45, 2.75) is 32.3 Å². The summed E-state index contributed by atoms with van der Waals surface area (Å²) in [7, 11) is 3.45. The summed E-state index contributed by atoms with van der Waals surface area (Å²) >= 11 is 0. The molecule has 1 atom stereocenters. The molecular formula is C18H27N3O3. The molecule has 0 unspecified atom stereocenters. The van der Waals surface area contributed by atoms with E-state index in [4.69, 9.17) is 4.74 Å². The SMILES string of the molecule is CCN(C[C@@H]1CCCO1)C(=O)Nc1ccccc1CC(=O)N(C)C. The number of benzene rings is 1. The van der Waals surface area contributed by atoms with Crippen LogP contribution in [0.25, 0.3) is 0 Å². The van der Waals surface area contributed by atoms with Crippen molar-refractivity contribution in [2.24, 2.45) is 0 Å². The van der Waals surface area contributed by atoms with Gasteiger partial charge in [-0.3, -0.25) is 4.79 Å². The van der Waals surface area contributed by atoms with Crippen molar-refractivity contribution in [2.75, 3.05) is 39.1 Å². The van der Waals surface area contributed by atoms with Gasteiger partial charge in [0.15, 0.2) is 0 Å². The maximum atomic E-state index is 12.6. The van der Waals surface area contributed by atoms with Crippen LogP contribution >= 0.6 is 0 Å². The topological polar surface area (TPSA) is 61.9 Å². The second-order valence-corrected chi connectivity index (χ2v) is 6.23. The number of amides is 3. The number of hydrogen-bond donors (Lipinski definition) is 1. The van der Waals surface area contributed by atoms with Gasteiger partial charge in [0, 0.05) is 39.5 Å². The molecule has 0 aliphatic carbocycles. The van der Waals surface area contributed by atoms with Gasteiger partial charge >= 0.3 is 6.03 Å². The Morgan fingerprint density at radius 1 is 1.29 bits per heavy atom. The molecule has 6 nitrogen and oxygen atoms in total. The predicted molar refractivity (Wildman–Crippen MR) is 94.1 cm³/mol. The zero-order valence-electron chi connectivity index (χ0n) is 14.7. The van der Waals surface area contributed by atoms with E-state index in [1.807, 2.05) is 31.2 Å². The van der Waals surface area contributed by atoms with Crippen LogP contribution in [0.15, 0.2) is 24.3 Å². The quantitative estimate of drug-likeness (QED) is 0.869. The highest BCUT2D eigenvalue weighted by molar-refractivity contribution is 5.91. The standard InChI is InChI=1S/C18H27N3O3/c1-4-21(13-15-9-7-11-24-15)18(23)19-16-10-6-5-8-14(16)12-17(22)20(2)3/h5-6,8,10,15H,4,7,9,11-13H2,1-3H3,(H,19,23)/t15-/m0/s1. The number of hydrogen-bond acceptors (Lipinski definition) is 3. The predicted octanol–water partition coefficient (Wildman–Crippen LogP) is 2.35. The van der Waals surface area contributed by atoms with E-state index in [0.717, 1.165) is 25.0 Å². The maximum absolute atomic E-state index is 12.6. The number of carbonyl (C=O) groups is 2. The third-order valence-corrected chi connectivity index (χ3v) is 4.22. The minimum absolute atomic E-state index is 0.00315. The minimum atomic E-state index is -0.155. The second kappa shape index (κ2) is 8.68. The van der Waals surface area contributed by atoms with Gasteiger partial charge in [0.1, 0.15) is 0 Å². The number of ether oxygens (including phenoxy) is 1. The van der Waals surface area contributed by atoms with E-state index in [9.17, 15) is 9.59 Å². The number of rotatable bonds is 6. The van der Waals surface area contributed by atoms with Crippen molar-refractivity contribution in [1.29, 1.82) is 0 Å². The summed E-state index contributed by atoms with van der Waals surface area (Å²) in [6, 6.07) is 7.27. The summed E-state index contributed by atoms with van der Waals surface area (Å²) in [5, 5.41) is 2.94. The van der Waals surface area contributed by atoms with Crippen LogP contribution in [0, 0.1) is 0 Å². The number of likely N-dealkylation sites (N-methyl/N-ethyl adjacent to an activating group) is 2. The normalized spacial score (nSPS) is 16.7. The van der Waals surface area contributed by atoms with Gasteiger partial charge in [-0.05, 0) is 31.4 Å². The lowest BCUT2D eigenvalue weighted by Crippen LogP contribution is -2.40. The molecule has 1 fully saturated rings. The van der Waals surface area contributed by atoms with Gasteiger partial charge in [-0.15, -0.1) is 0 Å². The maximum Gasteiger partial charge on any atom is 0.321 e. The molecule has 132 valence electrons. The number of anilines is 1. The van der Waals surface area contributed by atoms with Crippen molar-refractivity contribution in [1.82, 2.24) is 9.80 Å². The Bertz CT molecular complexity index is 568. The zero-order valence-corrected chi connectivity index (χ0v) is 14.7. The Morgan fingerprint density at radius 3 is 2.67 bits per heavy atom. The monoisotopic (exact) mass is 333 g/mol. The summed E-state index contributed by atoms with van der Waals surface area (Å²) in [5.41, 5.74) is 1.50. The van der Waals surface area contributed by atoms with Crippen molar-refractivity contribution in [3.63, 3.8) is 0 Å². The number of nitrogens with one attached hydrogen (secondary N) is 1. The molecule has 1 saturated heterocycles. The highest BCUT2D eigenvalue weighted by Gasteiger charge is 2.22. The third-order valence-electron chi connectivity index (χ3n) is 4.22. The molecule has 1 aromatic carbocycles. The van der Waals surface area contributed by atoms with E-state index in [-0.39, 0.29) is 24.5 Å². The summed E-state index contributed by atoms with van der Waals surface area (Å²) < 4.78 is 5.62. The van der Waals surface area contributed by atoms with Gasteiger partial charge in [0.25, 0.3) is 0 Å². The molecule has 0 bridgehead atoms. The zero-order chi connectivity index (χ0) is 17.5. The Hall–Kier alpha value is -2.08. The highest BCUT2D eigenvalue weighted by atomic mass is 16.5. The van der Waals surface area contributed by atoms with Gasteiger partial charge in [-0.2, -0.15) is 0 Å². The van der Waals surface area contributed by atoms with Gasteiger partial charge in [0.2, 0.25) is 5.91 Å². The Morgan fingerprint density at radius 2 is 2.04 bits per heavy atom. The Labute approximate surface area is 143 Å². The first-order valence-corrected chi connectivity index (χ1v) is 8.46. The van der Waals surface area contributed by atoms with Crippen molar-refractivity contribution >= 4 is 17.6 Å². The Kier molecular flexibility index (Phi) is 6.61. The van der Waals surface area contributed by atoms with Crippen molar-refractivity contribution < 1.29 is 14.3 Å². The van der Waals surface area contributed by atoms with Crippen LogP contribution in [0.2, 0.25) is 0 Å². The molecule has 0 spiro atoms. The molecule has 3 amide bonds. The van der Waals surface area contributed by atoms with Gasteiger partial charge < -0.3 is 19.9 Å². The van der Waals surface area contributed by atoms with Crippen LogP contribution in [0.5, 0.6) is 0 Å². The van der Waals surface area contributed by atoms with Gasteiger partial charge in [-0.1, -0.05) is 18.2 Å². The first-order valence-electron chi connectivity index (χ1n) is 8.46. The van der Waals surface area contributed by atoms with Crippen LogP contribution in [-0.4, -0.2) is 61.6 Å². The average Bonchev–Trinajstić information content (AvgIpc) is 3.07. The molecule has 1 aliphatic rings. The van der Waals surface area contributed by atoms with E-state index in [1.165, 1.54) is 0 Å². The van der Waals surface area contributed by atoms with E-state index in [0.29, 0.717) is 18.8 Å². The van der Waals surface area contributed by atoms with E-state index >= 15 is 0 Å². The second-order valence-electron chi connectivity index (χ2n) is 6.23. The number of nitrogens with zero attached hydrogens (tertiary/aromatic N) is 2. The fourth-order valence-electron chi connectivity index (χ4n) is 2.70. The van der Waals surface area contributed by atoms with E-state index in [2.05, 4.69) is 5.32 Å². The summed E-state index contributed by atoms with van der Waals surface area (Å²) in [4.78, 5) is 27.8. The average molecular weight is 333 g/mol. The van der Waals surface area contributed by atoms with Gasteiger partial charge in [0.05, 0.1) is 12.5 Å². The molecule has 1 aromatic rings. The molecule has 1 heterocycles. The number of carbonyl (C=O) groups excluding carboxylic acids is 2. The van der Waals surface area contributed by atoms with Crippen molar-refractivity contribution in [3.8, 4) is 0 Å². The van der Waals surface area contributed by atoms with E-state index in [1.54, 1.807) is 23.9 Å². The molecule has 1 aliphatic heterocycles. The molecule has 2 rings (SSSR count). The molecule has 0 radical (unpaired) electrons. The molecule has 24 heavy (non-hydrogen) atoms. The largest absolute Gasteiger partial charge is 0.376 e. The minimum Gasteiger partial charge on any atom is -0.376 e. The van der Waals surface area contributed by atoms with Crippen LogP contribution < -0.4 is 5.32 Å². The lowest BCUT2D eigenvalue weighted by molar-refractivity contribution is -0.127. The van der Waals surface area contributed by atoms with Crippen LogP contribution in [0.1, 0.15) is 25.3 Å². The fraction of sp³-hybridized carbons (Fsp3) is 0.556. The molecule has 0 saturated carbocycles. The Balaban J connectivity index is 2.02. The van der Waals surface area contributed by atoms with Crippen LogP contribution in [-0.2, 0) is 16.0 Å². The first kappa shape index (κ1) is 18.3. The van der Waals surface area contributed by atoms with Crippen LogP contribution in [0.3, 0.4) is 0 Å². The van der Waals surface area contributed by atoms with Crippen molar-refractivity contribution in [3.05, 3.63) is 29.8 Å². The molecule has 1 N–H and O–H groups in total. The lowest BCUT2D eigenvalue weighted by atomic mass is 10.1. The number of para-hydroxylation sites is 1. The van der Waals surface area contributed by atoms with E-state index < -0.39 is 0 Å². The van der Waals surface area contributed by atoms with Crippen LogP contribution in [0.4, 0.5) is 10.5 Å². The summed E-state index contributed by atoms with van der Waals surface area (Å²) in [6.07, 6.45) is 2.44. The fourth-order valence-corrected chi connectivity index (χ4v) is 2.70. The molecular weight excluding hydrogens is 306 g/mol. The third kappa shape index (κ3) is 4.96.